The number of carbonyl (C=O) groups is 1. The SMILES string of the molecule is CCc1ccc([C@@H](N[C@@H](C(=O)N2CCOCC2)c2ccccc2)c2cccs2)cc1. The number of nitrogens with zero attached hydrogens (tertiary/aromatic N) is 1. The Kier molecular flexibility index (Phi) is 6.95. The molecule has 2 aromatic carbocycles. The minimum atomic E-state index is -0.415. The van der Waals surface area contributed by atoms with E-state index in [1.54, 1.807) is 11.3 Å². The zero-order valence-electron chi connectivity index (χ0n) is 17.3. The van der Waals surface area contributed by atoms with Crippen LogP contribution in [0, 0.1) is 0 Å². The summed E-state index contributed by atoms with van der Waals surface area (Å²) in [4.78, 5) is 16.7. The third-order valence-electron chi connectivity index (χ3n) is 5.58. The molecule has 3 aromatic rings. The maximum absolute atomic E-state index is 13.5. The molecular weight excluding hydrogens is 392 g/mol. The molecule has 1 N–H and O–H groups in total. The van der Waals surface area contributed by atoms with Crippen LogP contribution in [0.2, 0.25) is 0 Å². The highest BCUT2D eigenvalue weighted by molar-refractivity contribution is 7.10. The van der Waals surface area contributed by atoms with E-state index in [2.05, 4.69) is 54.0 Å². The molecule has 156 valence electrons. The molecule has 1 aromatic heterocycles. The number of aryl methyl sites for hydroxylation is 1. The number of benzene rings is 2. The van der Waals surface area contributed by atoms with Crippen LogP contribution in [0.4, 0.5) is 0 Å². The molecule has 0 spiro atoms. The van der Waals surface area contributed by atoms with Crippen molar-refractivity contribution in [2.45, 2.75) is 25.4 Å². The van der Waals surface area contributed by atoms with Gasteiger partial charge in [-0.25, -0.2) is 0 Å². The fraction of sp³-hybridized carbons (Fsp3) is 0.320. The first kappa shape index (κ1) is 20.8. The Morgan fingerprint density at radius 1 is 1.00 bits per heavy atom. The number of amides is 1. The molecule has 4 nitrogen and oxygen atoms in total. The van der Waals surface area contributed by atoms with Gasteiger partial charge in [-0.15, -0.1) is 11.3 Å². The highest BCUT2D eigenvalue weighted by atomic mass is 32.1. The van der Waals surface area contributed by atoms with E-state index in [1.807, 2.05) is 35.2 Å². The monoisotopic (exact) mass is 420 g/mol. The summed E-state index contributed by atoms with van der Waals surface area (Å²) >= 11 is 1.71. The lowest BCUT2D eigenvalue weighted by atomic mass is 9.98. The standard InChI is InChI=1S/C25H28N2O2S/c1-2-19-10-12-21(13-11-19)23(22-9-6-18-30-22)26-24(20-7-4-3-5-8-20)25(28)27-14-16-29-17-15-27/h3-13,18,23-24,26H,2,14-17H2,1H3/t23-,24-/m1/s1. The summed E-state index contributed by atoms with van der Waals surface area (Å²) in [5, 5.41) is 5.79. The highest BCUT2D eigenvalue weighted by Gasteiger charge is 2.30. The number of carbonyl (C=O) groups excluding carboxylic acids is 1. The smallest absolute Gasteiger partial charge is 0.244 e. The van der Waals surface area contributed by atoms with Gasteiger partial charge >= 0.3 is 0 Å². The molecule has 0 unspecified atom stereocenters. The van der Waals surface area contributed by atoms with Crippen molar-refractivity contribution in [1.29, 1.82) is 0 Å². The molecule has 0 radical (unpaired) electrons. The van der Waals surface area contributed by atoms with Gasteiger partial charge in [-0.3, -0.25) is 10.1 Å². The van der Waals surface area contributed by atoms with Gasteiger partial charge in [0.05, 0.1) is 19.3 Å². The van der Waals surface area contributed by atoms with E-state index in [9.17, 15) is 4.79 Å². The lowest BCUT2D eigenvalue weighted by Gasteiger charge is -2.33. The minimum Gasteiger partial charge on any atom is -0.378 e. The van der Waals surface area contributed by atoms with Gasteiger partial charge < -0.3 is 9.64 Å². The predicted molar refractivity (Wildman–Crippen MR) is 122 cm³/mol. The molecule has 1 fully saturated rings. The summed E-state index contributed by atoms with van der Waals surface area (Å²) in [6.07, 6.45) is 1.01. The number of morpholine rings is 1. The zero-order valence-corrected chi connectivity index (χ0v) is 18.1. The molecular formula is C25H28N2O2S. The summed E-state index contributed by atoms with van der Waals surface area (Å²) in [6.45, 7) is 4.63. The van der Waals surface area contributed by atoms with Crippen molar-refractivity contribution in [3.63, 3.8) is 0 Å². The molecule has 30 heavy (non-hydrogen) atoms. The second kappa shape index (κ2) is 10.0. The van der Waals surface area contributed by atoms with Gasteiger partial charge in [0, 0.05) is 18.0 Å². The fourth-order valence-corrected chi connectivity index (χ4v) is 4.64. The molecule has 1 saturated heterocycles. The average Bonchev–Trinajstić information content (AvgIpc) is 3.35. The number of ether oxygens (including phenoxy) is 1. The quantitative estimate of drug-likeness (QED) is 0.608. The van der Waals surface area contributed by atoms with Crippen molar-refractivity contribution in [3.05, 3.63) is 93.7 Å². The van der Waals surface area contributed by atoms with Crippen molar-refractivity contribution >= 4 is 17.2 Å². The second-order valence-corrected chi connectivity index (χ2v) is 8.47. The topological polar surface area (TPSA) is 41.6 Å². The first-order chi connectivity index (χ1) is 14.8. The molecule has 1 amide bonds. The van der Waals surface area contributed by atoms with E-state index in [1.165, 1.54) is 16.0 Å². The van der Waals surface area contributed by atoms with Crippen LogP contribution in [-0.2, 0) is 16.0 Å². The van der Waals surface area contributed by atoms with E-state index in [0.717, 1.165) is 12.0 Å². The Balaban J connectivity index is 1.67. The second-order valence-electron chi connectivity index (χ2n) is 7.49. The largest absolute Gasteiger partial charge is 0.378 e. The highest BCUT2D eigenvalue weighted by Crippen LogP contribution is 2.30. The summed E-state index contributed by atoms with van der Waals surface area (Å²) in [5.74, 6) is 0.108. The number of rotatable bonds is 7. The third-order valence-corrected chi connectivity index (χ3v) is 6.52. The van der Waals surface area contributed by atoms with Gasteiger partial charge in [0.15, 0.2) is 0 Å². The average molecular weight is 421 g/mol. The van der Waals surface area contributed by atoms with E-state index in [4.69, 9.17) is 4.74 Å². The third kappa shape index (κ3) is 4.81. The van der Waals surface area contributed by atoms with Crippen LogP contribution >= 0.6 is 11.3 Å². The number of hydrogen-bond acceptors (Lipinski definition) is 4. The molecule has 0 aliphatic carbocycles. The number of thiophene rings is 1. The predicted octanol–water partition coefficient (Wildman–Crippen LogP) is 4.59. The molecule has 2 atom stereocenters. The van der Waals surface area contributed by atoms with E-state index < -0.39 is 6.04 Å². The maximum atomic E-state index is 13.5. The van der Waals surface area contributed by atoms with Gasteiger partial charge in [-0.2, -0.15) is 0 Å². The van der Waals surface area contributed by atoms with Crippen molar-refractivity contribution in [3.8, 4) is 0 Å². The van der Waals surface area contributed by atoms with Crippen LogP contribution in [-0.4, -0.2) is 37.1 Å². The Bertz CT molecular complexity index is 920. The Morgan fingerprint density at radius 3 is 2.37 bits per heavy atom. The van der Waals surface area contributed by atoms with Crippen molar-refractivity contribution in [1.82, 2.24) is 10.2 Å². The van der Waals surface area contributed by atoms with Crippen LogP contribution in [0.3, 0.4) is 0 Å². The number of nitrogens with one attached hydrogen (secondary N) is 1. The first-order valence-electron chi connectivity index (χ1n) is 10.6. The molecule has 0 bridgehead atoms. The van der Waals surface area contributed by atoms with E-state index >= 15 is 0 Å². The fourth-order valence-electron chi connectivity index (χ4n) is 3.83. The van der Waals surface area contributed by atoms with Gasteiger partial charge in [0.2, 0.25) is 5.91 Å². The lowest BCUT2D eigenvalue weighted by Crippen LogP contribution is -2.47. The zero-order chi connectivity index (χ0) is 20.8. The molecule has 0 saturated carbocycles. The van der Waals surface area contributed by atoms with E-state index in [0.29, 0.717) is 26.3 Å². The van der Waals surface area contributed by atoms with Gasteiger partial charge in [-0.05, 0) is 34.6 Å². The van der Waals surface area contributed by atoms with Gasteiger partial charge in [0.1, 0.15) is 6.04 Å². The lowest BCUT2D eigenvalue weighted by molar-refractivity contribution is -0.137. The van der Waals surface area contributed by atoms with Crippen LogP contribution in [0.25, 0.3) is 0 Å². The normalized spacial score (nSPS) is 16.2. The number of hydrogen-bond donors (Lipinski definition) is 1. The molecule has 2 heterocycles. The van der Waals surface area contributed by atoms with Crippen LogP contribution < -0.4 is 5.32 Å². The summed E-state index contributed by atoms with van der Waals surface area (Å²) in [6, 6.07) is 22.5. The first-order valence-corrected chi connectivity index (χ1v) is 11.4. The minimum absolute atomic E-state index is 0.0499. The Labute approximate surface area is 182 Å². The Morgan fingerprint density at radius 2 is 1.73 bits per heavy atom. The maximum Gasteiger partial charge on any atom is 0.244 e. The molecule has 1 aliphatic heterocycles. The van der Waals surface area contributed by atoms with Crippen molar-refractivity contribution in [2.75, 3.05) is 26.3 Å². The Hall–Kier alpha value is -2.47. The molecule has 5 heteroatoms. The van der Waals surface area contributed by atoms with Crippen LogP contribution in [0.1, 0.15) is 40.6 Å². The van der Waals surface area contributed by atoms with Crippen molar-refractivity contribution in [2.24, 2.45) is 0 Å². The van der Waals surface area contributed by atoms with E-state index in [-0.39, 0.29) is 11.9 Å². The summed E-state index contributed by atoms with van der Waals surface area (Å²) in [7, 11) is 0. The van der Waals surface area contributed by atoms with Crippen molar-refractivity contribution < 1.29 is 9.53 Å². The van der Waals surface area contributed by atoms with Gasteiger partial charge in [0.25, 0.3) is 0 Å². The summed E-state index contributed by atoms with van der Waals surface area (Å²) in [5.41, 5.74) is 3.47. The van der Waals surface area contributed by atoms with Gasteiger partial charge in [-0.1, -0.05) is 67.6 Å². The molecule has 1 aliphatic rings. The summed E-state index contributed by atoms with van der Waals surface area (Å²) < 4.78 is 5.45. The molecule has 4 rings (SSSR count). The van der Waals surface area contributed by atoms with Crippen LogP contribution in [0.15, 0.2) is 72.1 Å². The van der Waals surface area contributed by atoms with Crippen LogP contribution in [0.5, 0.6) is 0 Å².